The monoisotopic (exact) mass is 383 g/mol. The van der Waals surface area contributed by atoms with E-state index in [9.17, 15) is 14.4 Å². The van der Waals surface area contributed by atoms with E-state index in [0.717, 1.165) is 0 Å². The van der Waals surface area contributed by atoms with Crippen molar-refractivity contribution in [3.63, 3.8) is 0 Å². The van der Waals surface area contributed by atoms with Gasteiger partial charge < -0.3 is 15.1 Å². The van der Waals surface area contributed by atoms with Gasteiger partial charge in [0.15, 0.2) is 0 Å². The lowest BCUT2D eigenvalue weighted by Gasteiger charge is -2.34. The van der Waals surface area contributed by atoms with Gasteiger partial charge in [0.25, 0.3) is 0 Å². The second kappa shape index (κ2) is 7.22. The van der Waals surface area contributed by atoms with Gasteiger partial charge in [0, 0.05) is 38.1 Å². The van der Waals surface area contributed by atoms with Crippen molar-refractivity contribution in [3.05, 3.63) is 28.2 Å². The molecule has 0 bridgehead atoms. The molecule has 1 N–H and O–H groups in total. The van der Waals surface area contributed by atoms with Crippen molar-refractivity contribution in [3.8, 4) is 0 Å². The molecule has 8 heteroatoms. The number of hydrogen-bond donors (Lipinski definition) is 1. The number of carbonyl (C=O) groups excluding carboxylic acids is 3. The highest BCUT2D eigenvalue weighted by Crippen LogP contribution is 2.41. The molecule has 0 aromatic heterocycles. The lowest BCUT2D eigenvalue weighted by Crippen LogP contribution is -2.50. The van der Waals surface area contributed by atoms with Crippen molar-refractivity contribution in [1.29, 1.82) is 0 Å². The molecule has 1 saturated carbocycles. The van der Waals surface area contributed by atoms with Gasteiger partial charge >= 0.3 is 0 Å². The molecule has 2 atom stereocenters. The fraction of sp³-hybridized carbons (Fsp3) is 0.471. The lowest BCUT2D eigenvalue weighted by atomic mass is 10.2. The summed E-state index contributed by atoms with van der Waals surface area (Å²) in [6.45, 7) is 3.66. The van der Waals surface area contributed by atoms with Gasteiger partial charge in [-0.3, -0.25) is 14.4 Å². The molecule has 1 aliphatic carbocycles. The number of nitrogens with zero attached hydrogens (tertiary/aromatic N) is 2. The topological polar surface area (TPSA) is 69.7 Å². The third kappa shape index (κ3) is 4.07. The molecule has 1 heterocycles. The van der Waals surface area contributed by atoms with E-state index >= 15 is 0 Å². The van der Waals surface area contributed by atoms with Gasteiger partial charge in [-0.25, -0.2) is 0 Å². The molecule has 2 unspecified atom stereocenters. The highest BCUT2D eigenvalue weighted by Gasteiger charge is 2.49. The number of rotatable bonds is 3. The standard InChI is InChI=1S/C17H19Cl2N3O3/c1-10(23)21-4-6-22(7-5-21)17(25)13-9-12(13)16(24)20-15-3-2-11(18)8-14(15)19/h2-3,8,12-13H,4-7,9H2,1H3,(H,20,24). The first-order valence-corrected chi connectivity index (χ1v) is 8.92. The number of carbonyl (C=O) groups is 3. The number of benzene rings is 1. The molecule has 0 radical (unpaired) electrons. The molecule has 6 nitrogen and oxygen atoms in total. The highest BCUT2D eigenvalue weighted by molar-refractivity contribution is 6.36. The minimum absolute atomic E-state index is 0.00875. The van der Waals surface area contributed by atoms with Crippen molar-refractivity contribution in [2.45, 2.75) is 13.3 Å². The van der Waals surface area contributed by atoms with Crippen molar-refractivity contribution in [2.24, 2.45) is 11.8 Å². The molecule has 1 aromatic rings. The summed E-state index contributed by atoms with van der Waals surface area (Å²) < 4.78 is 0. The summed E-state index contributed by atoms with van der Waals surface area (Å²) in [5.74, 6) is -0.800. The van der Waals surface area contributed by atoms with Crippen LogP contribution < -0.4 is 5.32 Å². The van der Waals surface area contributed by atoms with E-state index in [1.54, 1.807) is 28.0 Å². The maximum Gasteiger partial charge on any atom is 0.228 e. The van der Waals surface area contributed by atoms with Crippen LogP contribution in [-0.2, 0) is 14.4 Å². The summed E-state index contributed by atoms with van der Waals surface area (Å²) in [5, 5.41) is 3.61. The van der Waals surface area contributed by atoms with Crippen molar-refractivity contribution < 1.29 is 14.4 Å². The third-order valence-electron chi connectivity index (χ3n) is 4.67. The second-order valence-electron chi connectivity index (χ2n) is 6.39. The fourth-order valence-electron chi connectivity index (χ4n) is 3.05. The summed E-state index contributed by atoms with van der Waals surface area (Å²) in [6.07, 6.45) is 0.544. The zero-order chi connectivity index (χ0) is 18.1. The minimum Gasteiger partial charge on any atom is -0.339 e. The zero-order valence-corrected chi connectivity index (χ0v) is 15.3. The number of hydrogen-bond acceptors (Lipinski definition) is 3. The van der Waals surface area contributed by atoms with Crippen LogP contribution in [0.1, 0.15) is 13.3 Å². The SMILES string of the molecule is CC(=O)N1CCN(C(=O)C2CC2C(=O)Nc2ccc(Cl)cc2Cl)CC1. The van der Waals surface area contributed by atoms with Gasteiger partial charge in [0.05, 0.1) is 22.5 Å². The Morgan fingerprint density at radius 3 is 2.28 bits per heavy atom. The van der Waals surface area contributed by atoms with Crippen LogP contribution >= 0.6 is 23.2 Å². The maximum absolute atomic E-state index is 12.5. The van der Waals surface area contributed by atoms with Crippen molar-refractivity contribution in [2.75, 3.05) is 31.5 Å². The lowest BCUT2D eigenvalue weighted by molar-refractivity contribution is -0.139. The number of halogens is 2. The summed E-state index contributed by atoms with van der Waals surface area (Å²) in [6, 6.07) is 4.85. The number of anilines is 1. The Hall–Kier alpha value is -1.79. The molecular formula is C17H19Cl2N3O3. The van der Waals surface area contributed by atoms with E-state index in [2.05, 4.69) is 5.32 Å². The summed E-state index contributed by atoms with van der Waals surface area (Å²) in [5.41, 5.74) is 0.490. The minimum atomic E-state index is -0.329. The Kier molecular flexibility index (Phi) is 5.20. The maximum atomic E-state index is 12.5. The van der Waals surface area contributed by atoms with Crippen LogP contribution in [0.3, 0.4) is 0 Å². The average Bonchev–Trinajstić information content (AvgIpc) is 3.37. The van der Waals surface area contributed by atoms with E-state index in [4.69, 9.17) is 23.2 Å². The predicted molar refractivity (Wildman–Crippen MR) is 95.5 cm³/mol. The largest absolute Gasteiger partial charge is 0.339 e. The zero-order valence-electron chi connectivity index (χ0n) is 13.8. The summed E-state index contributed by atoms with van der Waals surface area (Å²) >= 11 is 11.9. The Balaban J connectivity index is 1.52. The summed E-state index contributed by atoms with van der Waals surface area (Å²) in [4.78, 5) is 39.6. The van der Waals surface area contributed by atoms with E-state index in [-0.39, 0.29) is 29.6 Å². The van der Waals surface area contributed by atoms with Gasteiger partial charge in [-0.1, -0.05) is 23.2 Å². The normalized spacial score (nSPS) is 22.5. The van der Waals surface area contributed by atoms with Crippen LogP contribution in [0.25, 0.3) is 0 Å². The van der Waals surface area contributed by atoms with Crippen LogP contribution in [0, 0.1) is 11.8 Å². The molecule has 2 aliphatic rings. The molecule has 2 fully saturated rings. The van der Waals surface area contributed by atoms with E-state index in [1.807, 2.05) is 0 Å². The molecule has 1 saturated heterocycles. The predicted octanol–water partition coefficient (Wildman–Crippen LogP) is 2.26. The van der Waals surface area contributed by atoms with Crippen molar-refractivity contribution in [1.82, 2.24) is 9.80 Å². The molecule has 3 rings (SSSR count). The first kappa shape index (κ1) is 18.0. The van der Waals surface area contributed by atoms with Crippen LogP contribution in [-0.4, -0.2) is 53.7 Å². The Morgan fingerprint density at radius 1 is 1.04 bits per heavy atom. The van der Waals surface area contributed by atoms with E-state index < -0.39 is 0 Å². The number of nitrogens with one attached hydrogen (secondary N) is 1. The van der Waals surface area contributed by atoms with Crippen LogP contribution in [0.4, 0.5) is 5.69 Å². The Morgan fingerprint density at radius 2 is 1.68 bits per heavy atom. The molecule has 25 heavy (non-hydrogen) atoms. The molecule has 134 valence electrons. The quantitative estimate of drug-likeness (QED) is 0.869. The Labute approximate surface area is 156 Å². The summed E-state index contributed by atoms with van der Waals surface area (Å²) in [7, 11) is 0. The molecule has 0 spiro atoms. The highest BCUT2D eigenvalue weighted by atomic mass is 35.5. The van der Waals surface area contributed by atoms with Gasteiger partial charge in [0.2, 0.25) is 17.7 Å². The molecule has 3 amide bonds. The molecular weight excluding hydrogens is 365 g/mol. The van der Waals surface area contributed by atoms with Crippen LogP contribution in [0.5, 0.6) is 0 Å². The second-order valence-corrected chi connectivity index (χ2v) is 7.24. The van der Waals surface area contributed by atoms with Gasteiger partial charge in [-0.05, 0) is 24.6 Å². The van der Waals surface area contributed by atoms with E-state index in [1.165, 1.54) is 6.92 Å². The first-order chi connectivity index (χ1) is 11.9. The fourth-order valence-corrected chi connectivity index (χ4v) is 3.51. The molecule has 1 aromatic carbocycles. The number of piperazine rings is 1. The van der Waals surface area contributed by atoms with Gasteiger partial charge in [-0.15, -0.1) is 0 Å². The Bertz CT molecular complexity index is 717. The van der Waals surface area contributed by atoms with E-state index in [0.29, 0.717) is 48.3 Å². The van der Waals surface area contributed by atoms with Gasteiger partial charge in [0.1, 0.15) is 0 Å². The third-order valence-corrected chi connectivity index (χ3v) is 5.22. The van der Waals surface area contributed by atoms with Gasteiger partial charge in [-0.2, -0.15) is 0 Å². The molecule has 1 aliphatic heterocycles. The van der Waals surface area contributed by atoms with Crippen LogP contribution in [0.15, 0.2) is 18.2 Å². The average molecular weight is 384 g/mol. The number of amides is 3. The van der Waals surface area contributed by atoms with Crippen LogP contribution in [0.2, 0.25) is 10.0 Å². The first-order valence-electron chi connectivity index (χ1n) is 8.17. The smallest absolute Gasteiger partial charge is 0.228 e. The van der Waals surface area contributed by atoms with Crippen molar-refractivity contribution >= 4 is 46.6 Å².